The van der Waals surface area contributed by atoms with Gasteiger partial charge in [0.15, 0.2) is 0 Å². The minimum Gasteiger partial charge on any atom is -0.335 e. The Balaban J connectivity index is 1.57. The Labute approximate surface area is 148 Å². The molecule has 0 aliphatic heterocycles. The average molecular weight is 357 g/mol. The molecule has 0 spiro atoms. The lowest BCUT2D eigenvalue weighted by Gasteiger charge is -2.09. The highest BCUT2D eigenvalue weighted by molar-refractivity contribution is 7.84. The van der Waals surface area contributed by atoms with Gasteiger partial charge >= 0.3 is 6.03 Å². The molecular weight excluding hydrogens is 338 g/mol. The van der Waals surface area contributed by atoms with Gasteiger partial charge in [-0.3, -0.25) is 9.00 Å². The Morgan fingerprint density at radius 1 is 0.920 bits per heavy atom. The van der Waals surface area contributed by atoms with Gasteiger partial charge in [-0.2, -0.15) is 0 Å². The zero-order valence-corrected chi connectivity index (χ0v) is 14.6. The highest BCUT2D eigenvalue weighted by atomic mass is 32.2. The van der Waals surface area contributed by atoms with E-state index in [0.29, 0.717) is 27.9 Å². The first-order valence-electron chi connectivity index (χ1n) is 7.94. The van der Waals surface area contributed by atoms with E-state index in [1.807, 2.05) is 0 Å². The highest BCUT2D eigenvalue weighted by Crippen LogP contribution is 2.19. The van der Waals surface area contributed by atoms with Gasteiger partial charge in [-0.25, -0.2) is 4.79 Å². The maximum Gasteiger partial charge on any atom is 0.319 e. The minimum atomic E-state index is -1.07. The van der Waals surface area contributed by atoms with E-state index in [1.54, 1.807) is 54.8 Å². The smallest absolute Gasteiger partial charge is 0.319 e. The molecule has 1 saturated carbocycles. The fraction of sp³-hybridized carbons (Fsp3) is 0.222. The van der Waals surface area contributed by atoms with E-state index in [9.17, 15) is 13.8 Å². The third kappa shape index (κ3) is 4.90. The number of benzene rings is 2. The molecule has 1 aliphatic rings. The van der Waals surface area contributed by atoms with Crippen LogP contribution in [0.5, 0.6) is 0 Å². The molecule has 0 heterocycles. The van der Waals surface area contributed by atoms with Gasteiger partial charge in [0.25, 0.3) is 5.91 Å². The summed E-state index contributed by atoms with van der Waals surface area (Å²) in [5.41, 5.74) is 1.77. The summed E-state index contributed by atoms with van der Waals surface area (Å²) < 4.78 is 11.4. The molecule has 0 aromatic heterocycles. The van der Waals surface area contributed by atoms with Crippen LogP contribution in [0.4, 0.5) is 16.2 Å². The zero-order chi connectivity index (χ0) is 17.8. The van der Waals surface area contributed by atoms with Crippen LogP contribution >= 0.6 is 0 Å². The van der Waals surface area contributed by atoms with Crippen LogP contribution in [0.25, 0.3) is 0 Å². The molecule has 7 heteroatoms. The highest BCUT2D eigenvalue weighted by Gasteiger charge is 2.23. The first-order valence-corrected chi connectivity index (χ1v) is 9.49. The second-order valence-corrected chi connectivity index (χ2v) is 7.26. The van der Waals surface area contributed by atoms with Crippen molar-refractivity contribution in [1.82, 2.24) is 5.32 Å². The normalized spacial score (nSPS) is 14.4. The molecule has 1 fully saturated rings. The van der Waals surface area contributed by atoms with Crippen molar-refractivity contribution in [1.29, 1.82) is 0 Å². The fourth-order valence-corrected chi connectivity index (χ4v) is 2.74. The predicted octanol–water partition coefficient (Wildman–Crippen LogP) is 2.96. The maximum atomic E-state index is 12.2. The van der Waals surface area contributed by atoms with Crippen LogP contribution in [0, 0.1) is 0 Å². The molecule has 130 valence electrons. The van der Waals surface area contributed by atoms with Crippen molar-refractivity contribution in [2.45, 2.75) is 23.8 Å². The summed E-state index contributed by atoms with van der Waals surface area (Å²) in [6.45, 7) is 0. The second kappa shape index (κ2) is 7.48. The van der Waals surface area contributed by atoms with Crippen molar-refractivity contribution in [2.75, 3.05) is 16.9 Å². The van der Waals surface area contributed by atoms with Gasteiger partial charge in [0.1, 0.15) is 0 Å². The monoisotopic (exact) mass is 357 g/mol. The lowest BCUT2D eigenvalue weighted by atomic mass is 10.2. The van der Waals surface area contributed by atoms with E-state index in [-0.39, 0.29) is 11.9 Å². The molecule has 0 radical (unpaired) electrons. The summed E-state index contributed by atoms with van der Waals surface area (Å²) in [6.07, 6.45) is 3.66. The Bertz CT molecular complexity index is 799. The van der Waals surface area contributed by atoms with Crippen LogP contribution < -0.4 is 16.0 Å². The quantitative estimate of drug-likeness (QED) is 0.769. The maximum absolute atomic E-state index is 12.2. The van der Waals surface area contributed by atoms with Crippen molar-refractivity contribution in [2.24, 2.45) is 0 Å². The van der Waals surface area contributed by atoms with Crippen molar-refractivity contribution in [3.63, 3.8) is 0 Å². The molecule has 3 amide bonds. The molecule has 2 aromatic rings. The van der Waals surface area contributed by atoms with Gasteiger partial charge in [0, 0.05) is 44.9 Å². The summed E-state index contributed by atoms with van der Waals surface area (Å²) in [4.78, 5) is 24.6. The number of urea groups is 1. The molecule has 0 bridgehead atoms. The Hall–Kier alpha value is -2.67. The van der Waals surface area contributed by atoms with Crippen LogP contribution in [-0.2, 0) is 10.8 Å². The first kappa shape index (κ1) is 17.2. The number of amides is 3. The summed E-state index contributed by atoms with van der Waals surface area (Å²) >= 11 is 0. The molecule has 3 rings (SSSR count). The third-order valence-corrected chi connectivity index (χ3v) is 4.70. The molecule has 1 unspecified atom stereocenters. The van der Waals surface area contributed by atoms with Gasteiger partial charge in [-0.1, -0.05) is 0 Å². The first-order chi connectivity index (χ1) is 12.0. The molecular formula is C18H19N3O3S. The van der Waals surface area contributed by atoms with Crippen molar-refractivity contribution >= 4 is 34.1 Å². The van der Waals surface area contributed by atoms with Crippen LogP contribution in [-0.4, -0.2) is 28.4 Å². The largest absolute Gasteiger partial charge is 0.335 e. The van der Waals surface area contributed by atoms with Crippen LogP contribution in [0.1, 0.15) is 23.2 Å². The SMILES string of the molecule is CS(=O)c1ccc(C(=O)Nc2ccc(NC(=O)NC3CC3)cc2)cc1. The molecule has 0 saturated heterocycles. The number of hydrogen-bond donors (Lipinski definition) is 3. The number of anilines is 2. The third-order valence-electron chi connectivity index (χ3n) is 3.76. The number of rotatable bonds is 5. The van der Waals surface area contributed by atoms with E-state index in [2.05, 4.69) is 16.0 Å². The molecule has 25 heavy (non-hydrogen) atoms. The second-order valence-electron chi connectivity index (χ2n) is 5.88. The standard InChI is InChI=1S/C18H19N3O3S/c1-25(24)16-10-2-12(3-11-16)17(22)19-13-4-6-14(7-5-13)20-18(23)21-15-8-9-15/h2-7,10-11,15H,8-9H2,1H3,(H,19,22)(H2,20,21,23). The molecule has 1 aliphatic carbocycles. The summed E-state index contributed by atoms with van der Waals surface area (Å²) in [6, 6.07) is 13.6. The summed E-state index contributed by atoms with van der Waals surface area (Å²) in [5.74, 6) is -0.249. The molecule has 3 N–H and O–H groups in total. The van der Waals surface area contributed by atoms with E-state index in [0.717, 1.165) is 12.8 Å². The minimum absolute atomic E-state index is 0.215. The van der Waals surface area contributed by atoms with Gasteiger partial charge in [0.05, 0.1) is 0 Å². The Kier molecular flexibility index (Phi) is 5.14. The van der Waals surface area contributed by atoms with Crippen molar-refractivity contribution < 1.29 is 13.8 Å². The predicted molar refractivity (Wildman–Crippen MR) is 98.3 cm³/mol. The molecule has 6 nitrogen and oxygen atoms in total. The summed E-state index contributed by atoms with van der Waals surface area (Å²) in [7, 11) is -1.07. The zero-order valence-electron chi connectivity index (χ0n) is 13.7. The van der Waals surface area contributed by atoms with E-state index < -0.39 is 10.8 Å². The fourth-order valence-electron chi connectivity index (χ4n) is 2.22. The average Bonchev–Trinajstić information content (AvgIpc) is 3.40. The van der Waals surface area contributed by atoms with Crippen LogP contribution in [0.15, 0.2) is 53.4 Å². The van der Waals surface area contributed by atoms with E-state index in [1.165, 1.54) is 0 Å². The van der Waals surface area contributed by atoms with Gasteiger partial charge in [-0.15, -0.1) is 0 Å². The van der Waals surface area contributed by atoms with E-state index in [4.69, 9.17) is 0 Å². The van der Waals surface area contributed by atoms with Crippen molar-refractivity contribution in [3.8, 4) is 0 Å². The molecule has 1 atom stereocenters. The van der Waals surface area contributed by atoms with Gasteiger partial charge < -0.3 is 16.0 Å². The Morgan fingerprint density at radius 2 is 1.48 bits per heavy atom. The lowest BCUT2D eigenvalue weighted by Crippen LogP contribution is -2.30. The van der Waals surface area contributed by atoms with Crippen molar-refractivity contribution in [3.05, 3.63) is 54.1 Å². The number of carbonyl (C=O) groups excluding carboxylic acids is 2. The number of hydrogen-bond acceptors (Lipinski definition) is 3. The molecule has 2 aromatic carbocycles. The van der Waals surface area contributed by atoms with Crippen LogP contribution in [0.3, 0.4) is 0 Å². The number of carbonyl (C=O) groups is 2. The Morgan fingerprint density at radius 3 is 2.00 bits per heavy atom. The summed E-state index contributed by atoms with van der Waals surface area (Å²) in [5, 5.41) is 8.38. The number of nitrogens with one attached hydrogen (secondary N) is 3. The van der Waals surface area contributed by atoms with E-state index >= 15 is 0 Å². The van der Waals surface area contributed by atoms with Crippen LogP contribution in [0.2, 0.25) is 0 Å². The topological polar surface area (TPSA) is 87.3 Å². The van der Waals surface area contributed by atoms with Gasteiger partial charge in [-0.05, 0) is 61.4 Å². The van der Waals surface area contributed by atoms with Gasteiger partial charge in [0.2, 0.25) is 0 Å². The lowest BCUT2D eigenvalue weighted by molar-refractivity contribution is 0.102.